The lowest BCUT2D eigenvalue weighted by Gasteiger charge is -2.29. The molecule has 1 aliphatic heterocycles. The molecule has 0 amide bonds. The SMILES string of the molecule is CC(C)c1ccc(N2CCNCC2)cc1F. The molecule has 1 aromatic carbocycles. The molecule has 1 fully saturated rings. The van der Waals surface area contributed by atoms with Gasteiger partial charge >= 0.3 is 0 Å². The van der Waals surface area contributed by atoms with Gasteiger partial charge in [-0.05, 0) is 23.6 Å². The maximum absolute atomic E-state index is 13.8. The van der Waals surface area contributed by atoms with Gasteiger partial charge in [-0.3, -0.25) is 0 Å². The summed E-state index contributed by atoms with van der Waals surface area (Å²) in [6.45, 7) is 7.91. The first-order chi connectivity index (χ1) is 7.68. The van der Waals surface area contributed by atoms with E-state index in [1.807, 2.05) is 26.0 Å². The molecule has 0 radical (unpaired) electrons. The van der Waals surface area contributed by atoms with Crippen molar-refractivity contribution in [3.05, 3.63) is 29.6 Å². The highest BCUT2D eigenvalue weighted by atomic mass is 19.1. The van der Waals surface area contributed by atoms with Crippen molar-refractivity contribution < 1.29 is 4.39 Å². The molecule has 0 atom stereocenters. The standard InChI is InChI=1S/C13H19FN2/c1-10(2)12-4-3-11(9-13(12)14)16-7-5-15-6-8-16/h3-4,9-10,15H,5-8H2,1-2H3. The van der Waals surface area contributed by atoms with Crippen LogP contribution in [0.4, 0.5) is 10.1 Å². The van der Waals surface area contributed by atoms with Crippen molar-refractivity contribution in [2.24, 2.45) is 0 Å². The molecule has 1 aromatic rings. The van der Waals surface area contributed by atoms with Crippen LogP contribution >= 0.6 is 0 Å². The van der Waals surface area contributed by atoms with Gasteiger partial charge in [-0.2, -0.15) is 0 Å². The van der Waals surface area contributed by atoms with Crippen molar-refractivity contribution in [3.8, 4) is 0 Å². The van der Waals surface area contributed by atoms with E-state index in [9.17, 15) is 4.39 Å². The molecule has 2 rings (SSSR count). The average molecular weight is 222 g/mol. The first-order valence-corrected chi connectivity index (χ1v) is 5.93. The molecule has 0 unspecified atom stereocenters. The van der Waals surface area contributed by atoms with Crippen molar-refractivity contribution in [2.75, 3.05) is 31.1 Å². The quantitative estimate of drug-likeness (QED) is 0.826. The third-order valence-corrected chi connectivity index (χ3v) is 3.09. The molecule has 1 heterocycles. The Kier molecular flexibility index (Phi) is 3.44. The van der Waals surface area contributed by atoms with Crippen LogP contribution in [0.5, 0.6) is 0 Å². The van der Waals surface area contributed by atoms with Crippen LogP contribution in [0.3, 0.4) is 0 Å². The average Bonchev–Trinajstić information content (AvgIpc) is 2.29. The highest BCUT2D eigenvalue weighted by molar-refractivity contribution is 5.49. The molecular formula is C13H19FN2. The number of piperazine rings is 1. The van der Waals surface area contributed by atoms with Crippen LogP contribution in [0.25, 0.3) is 0 Å². The number of halogens is 1. The van der Waals surface area contributed by atoms with Crippen LogP contribution in [-0.4, -0.2) is 26.2 Å². The van der Waals surface area contributed by atoms with Crippen LogP contribution in [0.2, 0.25) is 0 Å². The van der Waals surface area contributed by atoms with Crippen LogP contribution in [0, 0.1) is 5.82 Å². The summed E-state index contributed by atoms with van der Waals surface area (Å²) in [5, 5.41) is 3.29. The van der Waals surface area contributed by atoms with E-state index in [-0.39, 0.29) is 11.7 Å². The van der Waals surface area contributed by atoms with Gasteiger partial charge in [0.05, 0.1) is 0 Å². The third-order valence-electron chi connectivity index (χ3n) is 3.09. The van der Waals surface area contributed by atoms with E-state index < -0.39 is 0 Å². The molecular weight excluding hydrogens is 203 g/mol. The zero-order valence-corrected chi connectivity index (χ0v) is 9.96. The van der Waals surface area contributed by atoms with Crippen LogP contribution in [0.15, 0.2) is 18.2 Å². The maximum atomic E-state index is 13.8. The molecule has 0 aliphatic carbocycles. The Morgan fingerprint density at radius 2 is 1.94 bits per heavy atom. The van der Waals surface area contributed by atoms with Gasteiger partial charge in [0.15, 0.2) is 0 Å². The third kappa shape index (κ3) is 2.35. The second-order valence-corrected chi connectivity index (χ2v) is 4.60. The molecule has 0 spiro atoms. The van der Waals surface area contributed by atoms with Gasteiger partial charge in [0, 0.05) is 31.9 Å². The van der Waals surface area contributed by atoms with Crippen molar-refractivity contribution >= 4 is 5.69 Å². The summed E-state index contributed by atoms with van der Waals surface area (Å²) in [5.74, 6) is 0.170. The summed E-state index contributed by atoms with van der Waals surface area (Å²) in [6, 6.07) is 5.61. The minimum atomic E-state index is -0.0777. The fraction of sp³-hybridized carbons (Fsp3) is 0.538. The predicted octanol–water partition coefficient (Wildman–Crippen LogP) is 2.36. The summed E-state index contributed by atoms with van der Waals surface area (Å²) >= 11 is 0. The fourth-order valence-corrected chi connectivity index (χ4v) is 2.10. The topological polar surface area (TPSA) is 15.3 Å². The van der Waals surface area contributed by atoms with Crippen molar-refractivity contribution in [1.29, 1.82) is 0 Å². The Balaban J connectivity index is 2.19. The second kappa shape index (κ2) is 4.83. The molecule has 0 bridgehead atoms. The summed E-state index contributed by atoms with van der Waals surface area (Å²) in [6.07, 6.45) is 0. The van der Waals surface area contributed by atoms with Gasteiger partial charge in [0.1, 0.15) is 5.82 Å². The molecule has 3 heteroatoms. The minimum Gasteiger partial charge on any atom is -0.369 e. The monoisotopic (exact) mass is 222 g/mol. The van der Waals surface area contributed by atoms with E-state index in [0.29, 0.717) is 0 Å². The Morgan fingerprint density at radius 1 is 1.25 bits per heavy atom. The van der Waals surface area contributed by atoms with Crippen LogP contribution < -0.4 is 10.2 Å². The molecule has 2 nitrogen and oxygen atoms in total. The molecule has 1 N–H and O–H groups in total. The van der Waals surface area contributed by atoms with Gasteiger partial charge in [0.25, 0.3) is 0 Å². The number of nitrogens with zero attached hydrogens (tertiary/aromatic N) is 1. The van der Waals surface area contributed by atoms with Gasteiger partial charge in [-0.25, -0.2) is 4.39 Å². The van der Waals surface area contributed by atoms with Crippen molar-refractivity contribution in [2.45, 2.75) is 19.8 Å². The lowest BCUT2D eigenvalue weighted by atomic mass is 10.0. The lowest BCUT2D eigenvalue weighted by Crippen LogP contribution is -2.43. The fourth-order valence-electron chi connectivity index (χ4n) is 2.10. The van der Waals surface area contributed by atoms with E-state index in [0.717, 1.165) is 37.4 Å². The minimum absolute atomic E-state index is 0.0777. The number of rotatable bonds is 2. The van der Waals surface area contributed by atoms with Crippen molar-refractivity contribution in [1.82, 2.24) is 5.32 Å². The van der Waals surface area contributed by atoms with Crippen LogP contribution in [0.1, 0.15) is 25.3 Å². The normalized spacial score (nSPS) is 16.9. The number of hydrogen-bond acceptors (Lipinski definition) is 2. The number of hydrogen-bond donors (Lipinski definition) is 1. The highest BCUT2D eigenvalue weighted by Gasteiger charge is 2.13. The van der Waals surface area contributed by atoms with Gasteiger partial charge < -0.3 is 10.2 Å². The summed E-state index contributed by atoms with van der Waals surface area (Å²) < 4.78 is 13.8. The number of benzene rings is 1. The van der Waals surface area contributed by atoms with Gasteiger partial charge in [-0.15, -0.1) is 0 Å². The zero-order chi connectivity index (χ0) is 11.5. The largest absolute Gasteiger partial charge is 0.369 e. The lowest BCUT2D eigenvalue weighted by molar-refractivity contribution is 0.578. The maximum Gasteiger partial charge on any atom is 0.128 e. The Hall–Kier alpha value is -1.09. The van der Waals surface area contributed by atoms with Crippen molar-refractivity contribution in [3.63, 3.8) is 0 Å². The van der Waals surface area contributed by atoms with E-state index >= 15 is 0 Å². The second-order valence-electron chi connectivity index (χ2n) is 4.60. The summed E-state index contributed by atoms with van der Waals surface area (Å²) in [5.41, 5.74) is 1.81. The smallest absolute Gasteiger partial charge is 0.128 e. The Bertz CT molecular complexity index is 357. The zero-order valence-electron chi connectivity index (χ0n) is 9.96. The summed E-state index contributed by atoms with van der Waals surface area (Å²) in [4.78, 5) is 2.23. The van der Waals surface area contributed by atoms with Gasteiger partial charge in [0.2, 0.25) is 0 Å². The van der Waals surface area contributed by atoms with E-state index in [1.54, 1.807) is 6.07 Å². The molecule has 1 aliphatic rings. The summed E-state index contributed by atoms with van der Waals surface area (Å²) in [7, 11) is 0. The first-order valence-electron chi connectivity index (χ1n) is 5.93. The molecule has 88 valence electrons. The molecule has 0 aromatic heterocycles. The first kappa shape index (κ1) is 11.4. The number of nitrogens with one attached hydrogen (secondary N) is 1. The van der Waals surface area contributed by atoms with E-state index in [1.165, 1.54) is 0 Å². The van der Waals surface area contributed by atoms with E-state index in [4.69, 9.17) is 0 Å². The predicted molar refractivity (Wildman–Crippen MR) is 65.6 cm³/mol. The molecule has 16 heavy (non-hydrogen) atoms. The van der Waals surface area contributed by atoms with Crippen LogP contribution in [-0.2, 0) is 0 Å². The molecule has 1 saturated heterocycles. The highest BCUT2D eigenvalue weighted by Crippen LogP contribution is 2.23. The Labute approximate surface area is 96.5 Å². The molecule has 0 saturated carbocycles. The Morgan fingerprint density at radius 3 is 2.50 bits per heavy atom. The van der Waals surface area contributed by atoms with E-state index in [2.05, 4.69) is 10.2 Å². The van der Waals surface area contributed by atoms with Gasteiger partial charge in [-0.1, -0.05) is 19.9 Å². The number of anilines is 1.